The number of benzene rings is 2. The van der Waals surface area contributed by atoms with Crippen molar-refractivity contribution in [3.8, 4) is 0 Å². The standard InChI is InChI=1S/C23H24N4O3S2/c1-3-17-8-9-20-21(14-17)31-23(25-20)27(12-5-11-26-13-10-24-16-26)22(28)18-6-4-7-19(15-18)32(2,29)30/h4,6-10,13-16H,3,5,11-12H2,1-2H3. The van der Waals surface area contributed by atoms with Crippen molar-refractivity contribution in [3.05, 3.63) is 72.3 Å². The fourth-order valence-corrected chi connectivity index (χ4v) is 5.14. The Morgan fingerprint density at radius 2 is 2.03 bits per heavy atom. The van der Waals surface area contributed by atoms with Crippen LogP contribution in [0.1, 0.15) is 29.3 Å². The lowest BCUT2D eigenvalue weighted by Gasteiger charge is -2.20. The number of amides is 1. The van der Waals surface area contributed by atoms with E-state index in [0.29, 0.717) is 30.2 Å². The molecule has 2 aromatic carbocycles. The van der Waals surface area contributed by atoms with E-state index in [0.717, 1.165) is 22.9 Å². The summed E-state index contributed by atoms with van der Waals surface area (Å²) >= 11 is 1.47. The highest BCUT2D eigenvalue weighted by molar-refractivity contribution is 7.90. The molecule has 32 heavy (non-hydrogen) atoms. The second kappa shape index (κ2) is 9.22. The minimum Gasteiger partial charge on any atom is -0.337 e. The van der Waals surface area contributed by atoms with Gasteiger partial charge in [0, 0.05) is 37.3 Å². The lowest BCUT2D eigenvalue weighted by molar-refractivity contribution is 0.0986. The summed E-state index contributed by atoms with van der Waals surface area (Å²) in [5.41, 5.74) is 2.38. The van der Waals surface area contributed by atoms with E-state index < -0.39 is 9.84 Å². The SMILES string of the molecule is CCc1ccc2nc(N(CCCn3ccnc3)C(=O)c3cccc(S(C)(=O)=O)c3)sc2c1. The zero-order valence-corrected chi connectivity index (χ0v) is 19.6. The zero-order chi connectivity index (χ0) is 22.7. The molecule has 4 aromatic rings. The van der Waals surface area contributed by atoms with Gasteiger partial charge < -0.3 is 4.57 Å². The molecule has 2 aromatic heterocycles. The molecular weight excluding hydrogens is 444 g/mol. The fraction of sp³-hybridized carbons (Fsp3) is 0.261. The highest BCUT2D eigenvalue weighted by Crippen LogP contribution is 2.31. The predicted molar refractivity (Wildman–Crippen MR) is 127 cm³/mol. The predicted octanol–water partition coefficient (Wildman–Crippen LogP) is 4.20. The molecule has 0 radical (unpaired) electrons. The van der Waals surface area contributed by atoms with E-state index in [-0.39, 0.29) is 10.8 Å². The number of hydrogen-bond donors (Lipinski definition) is 0. The Bertz CT molecular complexity index is 1340. The summed E-state index contributed by atoms with van der Waals surface area (Å²) in [6.07, 6.45) is 8.10. The van der Waals surface area contributed by atoms with Crippen molar-refractivity contribution in [2.75, 3.05) is 17.7 Å². The smallest absolute Gasteiger partial charge is 0.260 e. The van der Waals surface area contributed by atoms with E-state index in [9.17, 15) is 13.2 Å². The molecule has 0 N–H and O–H groups in total. The average molecular weight is 469 g/mol. The lowest BCUT2D eigenvalue weighted by atomic mass is 10.2. The molecule has 0 saturated heterocycles. The Kier molecular flexibility index (Phi) is 6.38. The first-order valence-electron chi connectivity index (χ1n) is 10.3. The van der Waals surface area contributed by atoms with Crippen LogP contribution in [0.3, 0.4) is 0 Å². The van der Waals surface area contributed by atoms with E-state index in [4.69, 9.17) is 4.98 Å². The van der Waals surface area contributed by atoms with Gasteiger partial charge in [0.05, 0.1) is 21.4 Å². The molecular formula is C23H24N4O3S2. The highest BCUT2D eigenvalue weighted by atomic mass is 32.2. The molecule has 0 fully saturated rings. The van der Waals surface area contributed by atoms with Gasteiger partial charge in [-0.2, -0.15) is 0 Å². The molecule has 166 valence electrons. The number of rotatable bonds is 8. The molecule has 0 aliphatic carbocycles. The van der Waals surface area contributed by atoms with Crippen LogP contribution in [0.4, 0.5) is 5.13 Å². The van der Waals surface area contributed by atoms with Crippen molar-refractivity contribution in [3.63, 3.8) is 0 Å². The molecule has 0 unspecified atom stereocenters. The minimum atomic E-state index is -3.42. The fourth-order valence-electron chi connectivity index (χ4n) is 3.42. The van der Waals surface area contributed by atoms with Gasteiger partial charge in [0.2, 0.25) is 0 Å². The molecule has 7 nitrogen and oxygen atoms in total. The van der Waals surface area contributed by atoms with Crippen molar-refractivity contribution in [2.45, 2.75) is 31.2 Å². The van der Waals surface area contributed by atoms with Crippen molar-refractivity contribution in [1.82, 2.24) is 14.5 Å². The van der Waals surface area contributed by atoms with Crippen LogP contribution in [0.15, 0.2) is 66.1 Å². The Morgan fingerprint density at radius 3 is 2.75 bits per heavy atom. The summed E-state index contributed by atoms with van der Waals surface area (Å²) in [5, 5.41) is 0.605. The van der Waals surface area contributed by atoms with Gasteiger partial charge in [0.15, 0.2) is 15.0 Å². The summed E-state index contributed by atoms with van der Waals surface area (Å²) in [5.74, 6) is -0.268. The second-order valence-electron chi connectivity index (χ2n) is 7.56. The topological polar surface area (TPSA) is 85.2 Å². The van der Waals surface area contributed by atoms with E-state index in [1.807, 2.05) is 22.9 Å². The number of thiazole rings is 1. The third kappa shape index (κ3) is 4.89. The van der Waals surface area contributed by atoms with Crippen LogP contribution < -0.4 is 4.90 Å². The van der Waals surface area contributed by atoms with Crippen LogP contribution >= 0.6 is 11.3 Å². The van der Waals surface area contributed by atoms with E-state index >= 15 is 0 Å². The molecule has 0 aliphatic rings. The molecule has 0 atom stereocenters. The van der Waals surface area contributed by atoms with Crippen LogP contribution in [-0.4, -0.2) is 41.7 Å². The largest absolute Gasteiger partial charge is 0.337 e. The van der Waals surface area contributed by atoms with Crippen LogP contribution in [0.25, 0.3) is 10.2 Å². The number of aromatic nitrogens is 3. The first-order valence-corrected chi connectivity index (χ1v) is 13.0. The maximum absolute atomic E-state index is 13.5. The van der Waals surface area contributed by atoms with Gasteiger partial charge in [-0.3, -0.25) is 9.69 Å². The van der Waals surface area contributed by atoms with Gasteiger partial charge in [0.25, 0.3) is 5.91 Å². The molecule has 9 heteroatoms. The van der Waals surface area contributed by atoms with Crippen molar-refractivity contribution in [1.29, 1.82) is 0 Å². The van der Waals surface area contributed by atoms with Crippen LogP contribution in [-0.2, 0) is 22.8 Å². The quantitative estimate of drug-likeness (QED) is 0.387. The summed E-state index contributed by atoms with van der Waals surface area (Å²) in [6, 6.07) is 12.3. The van der Waals surface area contributed by atoms with Gasteiger partial charge >= 0.3 is 0 Å². The number of hydrogen-bond acceptors (Lipinski definition) is 6. The van der Waals surface area contributed by atoms with Gasteiger partial charge in [-0.1, -0.05) is 30.4 Å². The summed E-state index contributed by atoms with van der Waals surface area (Å²) in [4.78, 5) is 24.0. The molecule has 1 amide bonds. The third-order valence-electron chi connectivity index (χ3n) is 5.19. The molecule has 0 bridgehead atoms. The van der Waals surface area contributed by atoms with Crippen molar-refractivity contribution in [2.24, 2.45) is 0 Å². The Hall–Kier alpha value is -3.04. The molecule has 0 aliphatic heterocycles. The monoisotopic (exact) mass is 468 g/mol. The maximum atomic E-state index is 13.5. The second-order valence-corrected chi connectivity index (χ2v) is 10.6. The number of carbonyl (C=O) groups excluding carboxylic acids is 1. The summed E-state index contributed by atoms with van der Waals surface area (Å²) < 4.78 is 27.0. The van der Waals surface area contributed by atoms with Crippen molar-refractivity contribution < 1.29 is 13.2 Å². The Morgan fingerprint density at radius 1 is 1.19 bits per heavy atom. The zero-order valence-electron chi connectivity index (χ0n) is 17.9. The number of aryl methyl sites for hydroxylation is 2. The van der Waals surface area contributed by atoms with E-state index in [2.05, 4.69) is 18.0 Å². The number of fused-ring (bicyclic) bond motifs is 1. The maximum Gasteiger partial charge on any atom is 0.260 e. The normalized spacial score (nSPS) is 11.7. The summed E-state index contributed by atoms with van der Waals surface area (Å²) in [7, 11) is -3.42. The number of imidazole rings is 1. The van der Waals surface area contributed by atoms with E-state index in [1.54, 1.807) is 29.6 Å². The average Bonchev–Trinajstić information content (AvgIpc) is 3.45. The van der Waals surface area contributed by atoms with Crippen LogP contribution in [0.2, 0.25) is 0 Å². The van der Waals surface area contributed by atoms with E-state index in [1.165, 1.54) is 29.0 Å². The Labute approximate surface area is 191 Å². The van der Waals surface area contributed by atoms with Gasteiger partial charge in [-0.05, 0) is 48.7 Å². The minimum absolute atomic E-state index is 0.124. The first-order chi connectivity index (χ1) is 15.3. The van der Waals surface area contributed by atoms with Crippen molar-refractivity contribution >= 4 is 42.4 Å². The van der Waals surface area contributed by atoms with Crippen LogP contribution in [0.5, 0.6) is 0 Å². The number of carbonyl (C=O) groups is 1. The summed E-state index contributed by atoms with van der Waals surface area (Å²) in [6.45, 7) is 3.25. The van der Waals surface area contributed by atoms with Crippen LogP contribution in [0, 0.1) is 0 Å². The van der Waals surface area contributed by atoms with Gasteiger partial charge in [0.1, 0.15) is 0 Å². The number of sulfone groups is 1. The van der Waals surface area contributed by atoms with Gasteiger partial charge in [-0.15, -0.1) is 0 Å². The lowest BCUT2D eigenvalue weighted by Crippen LogP contribution is -2.32. The molecule has 0 spiro atoms. The van der Waals surface area contributed by atoms with Gasteiger partial charge in [-0.25, -0.2) is 18.4 Å². The molecule has 2 heterocycles. The number of nitrogens with zero attached hydrogens (tertiary/aromatic N) is 4. The molecule has 0 saturated carbocycles. The molecule has 4 rings (SSSR count). The Balaban J connectivity index is 1.67. The number of anilines is 1. The first kappa shape index (κ1) is 22.2. The highest BCUT2D eigenvalue weighted by Gasteiger charge is 2.22. The third-order valence-corrected chi connectivity index (χ3v) is 7.34.